The molecule has 0 amide bonds. The second-order valence-electron chi connectivity index (χ2n) is 5.29. The van der Waals surface area contributed by atoms with Gasteiger partial charge in [0.2, 0.25) is 0 Å². The SMILES string of the molecule is O=C(O)c1ccc(F)cc1OC1C[C@H]2CC[C@@H](C1)N2. The first-order valence-electron chi connectivity index (χ1n) is 6.57. The predicted molar refractivity (Wildman–Crippen MR) is 67.0 cm³/mol. The van der Waals surface area contributed by atoms with Crippen molar-refractivity contribution in [2.45, 2.75) is 43.9 Å². The average Bonchev–Trinajstić information content (AvgIpc) is 2.68. The first-order chi connectivity index (χ1) is 9.11. The third-order valence-corrected chi connectivity index (χ3v) is 3.90. The number of nitrogens with one attached hydrogen (secondary N) is 1. The molecule has 1 unspecified atom stereocenters. The lowest BCUT2D eigenvalue weighted by Gasteiger charge is -2.29. The number of carboxylic acids is 1. The van der Waals surface area contributed by atoms with Crippen LogP contribution in [0.2, 0.25) is 0 Å². The van der Waals surface area contributed by atoms with E-state index in [1.165, 1.54) is 6.07 Å². The fourth-order valence-corrected chi connectivity index (χ4v) is 3.05. The van der Waals surface area contributed by atoms with Crippen LogP contribution >= 0.6 is 0 Å². The highest BCUT2D eigenvalue weighted by Gasteiger charge is 2.34. The van der Waals surface area contributed by atoms with Gasteiger partial charge in [0.25, 0.3) is 0 Å². The number of carboxylic acid groups (broad SMARTS) is 1. The van der Waals surface area contributed by atoms with Crippen LogP contribution in [0.5, 0.6) is 5.75 Å². The lowest BCUT2D eigenvalue weighted by atomic mass is 10.0. The minimum Gasteiger partial charge on any atom is -0.489 e. The maximum atomic E-state index is 13.2. The van der Waals surface area contributed by atoms with Gasteiger partial charge in [-0.15, -0.1) is 0 Å². The zero-order chi connectivity index (χ0) is 13.4. The van der Waals surface area contributed by atoms with Crippen LogP contribution in [0.4, 0.5) is 4.39 Å². The van der Waals surface area contributed by atoms with Crippen molar-refractivity contribution in [2.24, 2.45) is 0 Å². The van der Waals surface area contributed by atoms with Crippen LogP contribution < -0.4 is 10.1 Å². The summed E-state index contributed by atoms with van der Waals surface area (Å²) in [6.07, 6.45) is 3.95. The van der Waals surface area contributed by atoms with Gasteiger partial charge in [-0.3, -0.25) is 0 Å². The molecule has 2 heterocycles. The molecular weight excluding hydrogens is 249 g/mol. The van der Waals surface area contributed by atoms with E-state index in [0.29, 0.717) is 12.1 Å². The van der Waals surface area contributed by atoms with E-state index < -0.39 is 11.8 Å². The van der Waals surface area contributed by atoms with Gasteiger partial charge in [0.05, 0.1) is 0 Å². The van der Waals surface area contributed by atoms with Crippen LogP contribution in [0.25, 0.3) is 0 Å². The lowest BCUT2D eigenvalue weighted by Crippen LogP contribution is -2.42. The minimum atomic E-state index is -1.09. The number of hydrogen-bond acceptors (Lipinski definition) is 3. The molecule has 1 aromatic carbocycles. The molecule has 4 nitrogen and oxygen atoms in total. The minimum absolute atomic E-state index is 0.0206. The molecule has 2 bridgehead atoms. The Labute approximate surface area is 110 Å². The Bertz CT molecular complexity index is 493. The van der Waals surface area contributed by atoms with E-state index in [-0.39, 0.29) is 17.4 Å². The third-order valence-electron chi connectivity index (χ3n) is 3.90. The highest BCUT2D eigenvalue weighted by Crippen LogP contribution is 2.31. The standard InChI is InChI=1S/C14H16FNO3/c15-8-1-4-12(14(17)18)13(5-8)19-11-6-9-2-3-10(7-11)16-9/h1,4-5,9-11,16H,2-3,6-7H2,(H,17,18)/t9-,10+,11?. The predicted octanol–water partition coefficient (Wildman–Crippen LogP) is 2.19. The number of piperidine rings is 1. The summed E-state index contributed by atoms with van der Waals surface area (Å²) >= 11 is 0. The fraction of sp³-hybridized carbons (Fsp3) is 0.500. The summed E-state index contributed by atoms with van der Waals surface area (Å²) in [6, 6.07) is 4.45. The van der Waals surface area contributed by atoms with Crippen LogP contribution in [-0.2, 0) is 0 Å². The van der Waals surface area contributed by atoms with Crippen molar-refractivity contribution in [3.05, 3.63) is 29.6 Å². The summed E-state index contributed by atoms with van der Waals surface area (Å²) in [7, 11) is 0. The molecule has 2 saturated heterocycles. The van der Waals surface area contributed by atoms with Gasteiger partial charge in [-0.05, 0) is 37.8 Å². The molecule has 102 valence electrons. The molecule has 1 aromatic rings. The number of fused-ring (bicyclic) bond motifs is 2. The molecule has 0 radical (unpaired) electrons. The molecule has 19 heavy (non-hydrogen) atoms. The quantitative estimate of drug-likeness (QED) is 0.879. The number of aromatic carboxylic acids is 1. The number of carbonyl (C=O) groups is 1. The topological polar surface area (TPSA) is 58.6 Å². The number of hydrogen-bond donors (Lipinski definition) is 2. The van der Waals surface area contributed by atoms with Crippen molar-refractivity contribution in [3.63, 3.8) is 0 Å². The second kappa shape index (κ2) is 4.81. The van der Waals surface area contributed by atoms with Crippen LogP contribution in [-0.4, -0.2) is 29.3 Å². The van der Waals surface area contributed by atoms with Gasteiger partial charge < -0.3 is 15.2 Å². The molecule has 2 fully saturated rings. The van der Waals surface area contributed by atoms with E-state index in [2.05, 4.69) is 5.32 Å². The van der Waals surface area contributed by atoms with E-state index in [9.17, 15) is 9.18 Å². The van der Waals surface area contributed by atoms with Crippen LogP contribution in [0.15, 0.2) is 18.2 Å². The lowest BCUT2D eigenvalue weighted by molar-refractivity contribution is 0.0684. The fourth-order valence-electron chi connectivity index (χ4n) is 3.05. The van der Waals surface area contributed by atoms with Crippen molar-refractivity contribution in [1.82, 2.24) is 5.32 Å². The Morgan fingerprint density at radius 1 is 1.32 bits per heavy atom. The number of halogens is 1. The van der Waals surface area contributed by atoms with Gasteiger partial charge in [0.1, 0.15) is 23.2 Å². The van der Waals surface area contributed by atoms with Gasteiger partial charge >= 0.3 is 5.97 Å². The molecule has 0 aromatic heterocycles. The zero-order valence-electron chi connectivity index (χ0n) is 10.4. The molecule has 0 spiro atoms. The van der Waals surface area contributed by atoms with Crippen molar-refractivity contribution < 1.29 is 19.0 Å². The van der Waals surface area contributed by atoms with E-state index >= 15 is 0 Å². The van der Waals surface area contributed by atoms with Crippen molar-refractivity contribution in [2.75, 3.05) is 0 Å². The molecule has 3 atom stereocenters. The monoisotopic (exact) mass is 265 g/mol. The molecule has 2 N–H and O–H groups in total. The van der Waals surface area contributed by atoms with Gasteiger partial charge in [0, 0.05) is 18.2 Å². The first kappa shape index (κ1) is 12.4. The van der Waals surface area contributed by atoms with Crippen molar-refractivity contribution in [3.8, 4) is 5.75 Å². The Hall–Kier alpha value is -1.62. The Kier molecular flexibility index (Phi) is 3.14. The summed E-state index contributed by atoms with van der Waals surface area (Å²) in [6.45, 7) is 0. The van der Waals surface area contributed by atoms with E-state index in [4.69, 9.17) is 9.84 Å². The third kappa shape index (κ3) is 2.56. The second-order valence-corrected chi connectivity index (χ2v) is 5.29. The van der Waals surface area contributed by atoms with E-state index in [1.807, 2.05) is 0 Å². The summed E-state index contributed by atoms with van der Waals surface area (Å²) in [5, 5.41) is 12.6. The highest BCUT2D eigenvalue weighted by molar-refractivity contribution is 5.90. The number of rotatable bonds is 3. The Morgan fingerprint density at radius 2 is 2.00 bits per heavy atom. The maximum Gasteiger partial charge on any atom is 0.339 e. The van der Waals surface area contributed by atoms with Gasteiger partial charge in [-0.25, -0.2) is 9.18 Å². The first-order valence-corrected chi connectivity index (χ1v) is 6.57. The van der Waals surface area contributed by atoms with Gasteiger partial charge in [0.15, 0.2) is 0 Å². The average molecular weight is 265 g/mol. The Balaban J connectivity index is 1.79. The molecule has 5 heteroatoms. The molecule has 2 aliphatic rings. The molecule has 0 aliphatic carbocycles. The normalized spacial score (nSPS) is 29.2. The summed E-state index contributed by atoms with van der Waals surface area (Å²) in [4.78, 5) is 11.1. The molecule has 0 saturated carbocycles. The molecule has 2 aliphatic heterocycles. The van der Waals surface area contributed by atoms with Crippen LogP contribution in [0.3, 0.4) is 0 Å². The largest absolute Gasteiger partial charge is 0.489 e. The van der Waals surface area contributed by atoms with Crippen LogP contribution in [0, 0.1) is 5.82 Å². The summed E-state index contributed by atoms with van der Waals surface area (Å²) in [5.41, 5.74) is 0.0206. The maximum absolute atomic E-state index is 13.2. The summed E-state index contributed by atoms with van der Waals surface area (Å²) < 4.78 is 19.0. The van der Waals surface area contributed by atoms with Gasteiger partial charge in [-0.2, -0.15) is 0 Å². The smallest absolute Gasteiger partial charge is 0.339 e. The molecule has 3 rings (SSSR count). The zero-order valence-corrected chi connectivity index (χ0v) is 10.4. The van der Waals surface area contributed by atoms with Crippen molar-refractivity contribution in [1.29, 1.82) is 0 Å². The highest BCUT2D eigenvalue weighted by atomic mass is 19.1. The van der Waals surface area contributed by atoms with E-state index in [0.717, 1.165) is 37.8 Å². The Morgan fingerprint density at radius 3 is 2.63 bits per heavy atom. The van der Waals surface area contributed by atoms with Crippen LogP contribution in [0.1, 0.15) is 36.0 Å². The number of benzene rings is 1. The molecular formula is C14H16FNO3. The van der Waals surface area contributed by atoms with E-state index in [1.54, 1.807) is 0 Å². The summed E-state index contributed by atoms with van der Waals surface area (Å²) in [5.74, 6) is -1.43. The van der Waals surface area contributed by atoms with Crippen molar-refractivity contribution >= 4 is 5.97 Å². The number of ether oxygens (including phenoxy) is 1. The van der Waals surface area contributed by atoms with Gasteiger partial charge in [-0.1, -0.05) is 0 Å².